The third-order valence-corrected chi connectivity index (χ3v) is 5.03. The lowest BCUT2D eigenvalue weighted by molar-refractivity contribution is 0.219. The molecular weight excluding hydrogens is 327 g/mol. The van der Waals surface area contributed by atoms with E-state index in [-0.39, 0.29) is 0 Å². The van der Waals surface area contributed by atoms with Crippen molar-refractivity contribution in [1.29, 1.82) is 0 Å². The predicted molar refractivity (Wildman–Crippen MR) is 90.8 cm³/mol. The first-order chi connectivity index (χ1) is 10.2. The largest absolute Gasteiger partial charge is 0.379 e. The van der Waals surface area contributed by atoms with Gasteiger partial charge in [0, 0.05) is 19.1 Å². The van der Waals surface area contributed by atoms with Crippen LogP contribution in [0.5, 0.6) is 0 Å². The molecule has 0 spiro atoms. The van der Waals surface area contributed by atoms with Crippen LogP contribution in [0.25, 0.3) is 11.0 Å². The van der Waals surface area contributed by atoms with Crippen molar-refractivity contribution in [2.45, 2.75) is 32.2 Å². The van der Waals surface area contributed by atoms with Gasteiger partial charge in [0.15, 0.2) is 0 Å². The van der Waals surface area contributed by atoms with Crippen LogP contribution in [0.1, 0.15) is 26.2 Å². The summed E-state index contributed by atoms with van der Waals surface area (Å²) >= 11 is 13.7. The lowest BCUT2D eigenvalue weighted by Gasteiger charge is -2.32. The van der Waals surface area contributed by atoms with Crippen LogP contribution in [0.15, 0.2) is 6.07 Å². The lowest BCUT2D eigenvalue weighted by Crippen LogP contribution is -2.39. The van der Waals surface area contributed by atoms with Crippen molar-refractivity contribution in [2.24, 2.45) is 0 Å². The molecule has 21 heavy (non-hydrogen) atoms. The number of hydrogen-bond acceptors (Lipinski definition) is 5. The molecule has 3 rings (SSSR count). The number of aromatic nitrogens is 2. The number of nitrogens with one attached hydrogen (secondary N) is 1. The summed E-state index contributed by atoms with van der Waals surface area (Å²) in [5.41, 5.74) is 2.39. The third-order valence-electron chi connectivity index (χ3n) is 3.92. The molecule has 2 aromatic rings. The van der Waals surface area contributed by atoms with E-state index in [1.807, 2.05) is 0 Å². The molecule has 1 N–H and O–H groups in total. The van der Waals surface area contributed by atoms with Gasteiger partial charge in [0.25, 0.3) is 0 Å². The van der Waals surface area contributed by atoms with Gasteiger partial charge in [0.2, 0.25) is 0 Å². The molecule has 1 fully saturated rings. The molecule has 1 aliphatic heterocycles. The minimum absolute atomic E-state index is 0.432. The van der Waals surface area contributed by atoms with Crippen molar-refractivity contribution in [1.82, 2.24) is 13.6 Å². The average molecular weight is 345 g/mol. The van der Waals surface area contributed by atoms with E-state index in [0.29, 0.717) is 16.1 Å². The Morgan fingerprint density at radius 1 is 1.24 bits per heavy atom. The zero-order chi connectivity index (χ0) is 14.8. The van der Waals surface area contributed by atoms with Crippen LogP contribution in [-0.4, -0.2) is 39.3 Å². The first-order valence-electron chi connectivity index (χ1n) is 7.28. The number of anilines is 1. The number of piperidine rings is 1. The molecule has 114 valence electrons. The van der Waals surface area contributed by atoms with E-state index in [1.54, 1.807) is 6.07 Å². The van der Waals surface area contributed by atoms with Crippen molar-refractivity contribution in [3.05, 3.63) is 16.1 Å². The molecule has 1 saturated heterocycles. The normalized spacial score (nSPS) is 17.5. The van der Waals surface area contributed by atoms with Crippen LogP contribution in [0.2, 0.25) is 10.0 Å². The topological polar surface area (TPSA) is 41.0 Å². The highest BCUT2D eigenvalue weighted by atomic mass is 35.5. The second-order valence-corrected chi connectivity index (χ2v) is 6.78. The van der Waals surface area contributed by atoms with Gasteiger partial charge < -0.3 is 10.2 Å². The Hall–Kier alpha value is -0.620. The Kier molecular flexibility index (Phi) is 4.84. The fourth-order valence-electron chi connectivity index (χ4n) is 2.83. The molecule has 1 aliphatic rings. The lowest BCUT2D eigenvalue weighted by atomic mass is 10.0. The summed E-state index contributed by atoms with van der Waals surface area (Å²) in [6.45, 7) is 5.68. The zero-order valence-corrected chi connectivity index (χ0v) is 14.2. The molecular formula is C14H18Cl2N4S. The second kappa shape index (κ2) is 6.65. The summed E-state index contributed by atoms with van der Waals surface area (Å²) in [5.74, 6) is 0. The van der Waals surface area contributed by atoms with Crippen LogP contribution >= 0.6 is 34.9 Å². The molecule has 0 radical (unpaired) electrons. The molecule has 0 atom stereocenters. The van der Waals surface area contributed by atoms with E-state index in [0.717, 1.165) is 42.7 Å². The average Bonchev–Trinajstić information content (AvgIpc) is 2.95. The monoisotopic (exact) mass is 344 g/mol. The first-order valence-corrected chi connectivity index (χ1v) is 8.76. The number of nitrogens with zero attached hydrogens (tertiary/aromatic N) is 3. The number of rotatable bonds is 4. The minimum atomic E-state index is 0.432. The van der Waals surface area contributed by atoms with Crippen LogP contribution < -0.4 is 5.32 Å². The molecule has 0 unspecified atom stereocenters. The maximum Gasteiger partial charge on any atom is 0.130 e. The maximum atomic E-state index is 6.34. The number of halogens is 2. The fourth-order valence-corrected chi connectivity index (χ4v) is 4.00. The van der Waals surface area contributed by atoms with Gasteiger partial charge in [-0.25, -0.2) is 0 Å². The summed E-state index contributed by atoms with van der Waals surface area (Å²) in [5, 5.41) is 4.74. The zero-order valence-electron chi connectivity index (χ0n) is 11.9. The van der Waals surface area contributed by atoms with E-state index in [4.69, 9.17) is 23.2 Å². The quantitative estimate of drug-likeness (QED) is 0.898. The van der Waals surface area contributed by atoms with Crippen molar-refractivity contribution < 1.29 is 0 Å². The highest BCUT2D eigenvalue weighted by molar-refractivity contribution is 7.00. The van der Waals surface area contributed by atoms with Gasteiger partial charge in [-0.15, -0.1) is 0 Å². The van der Waals surface area contributed by atoms with Crippen LogP contribution in [0, 0.1) is 0 Å². The van der Waals surface area contributed by atoms with Gasteiger partial charge in [0.05, 0.1) is 27.5 Å². The van der Waals surface area contributed by atoms with Gasteiger partial charge in [-0.05, 0) is 31.9 Å². The summed E-state index contributed by atoms with van der Waals surface area (Å²) in [6.07, 6.45) is 3.46. The summed E-state index contributed by atoms with van der Waals surface area (Å²) in [4.78, 5) is 2.52. The highest BCUT2D eigenvalue weighted by Gasteiger charge is 2.21. The van der Waals surface area contributed by atoms with E-state index >= 15 is 0 Å². The molecule has 0 amide bonds. The molecule has 4 nitrogen and oxygen atoms in total. The smallest absolute Gasteiger partial charge is 0.130 e. The highest BCUT2D eigenvalue weighted by Crippen LogP contribution is 2.36. The molecule has 0 bridgehead atoms. The summed E-state index contributed by atoms with van der Waals surface area (Å²) in [6, 6.07) is 2.18. The number of benzene rings is 1. The first kappa shape index (κ1) is 15.3. The van der Waals surface area contributed by atoms with Crippen molar-refractivity contribution in [2.75, 3.05) is 25.0 Å². The maximum absolute atomic E-state index is 6.34. The molecule has 0 aliphatic carbocycles. The molecule has 2 heterocycles. The standard InChI is InChI=1S/C14H18Cl2N4S/c1-2-5-20-6-3-9(4-7-20)17-12-10(15)8-11(16)13-14(12)19-21-18-13/h8-9,17H,2-7H2,1H3. The van der Waals surface area contributed by atoms with Gasteiger partial charge in [-0.2, -0.15) is 8.75 Å². The Balaban J connectivity index is 1.75. The third kappa shape index (κ3) is 3.26. The Morgan fingerprint density at radius 3 is 2.67 bits per heavy atom. The van der Waals surface area contributed by atoms with Crippen molar-refractivity contribution >= 4 is 51.7 Å². The molecule has 7 heteroatoms. The second-order valence-electron chi connectivity index (χ2n) is 5.44. The van der Waals surface area contributed by atoms with Crippen LogP contribution in [-0.2, 0) is 0 Å². The number of likely N-dealkylation sites (tertiary alicyclic amines) is 1. The Labute approximate surface area is 138 Å². The molecule has 1 aromatic heterocycles. The van der Waals surface area contributed by atoms with E-state index in [2.05, 4.69) is 25.9 Å². The SMILES string of the molecule is CCCN1CCC(Nc2c(Cl)cc(Cl)c3nsnc23)CC1. The van der Waals surface area contributed by atoms with Gasteiger partial charge in [-0.1, -0.05) is 30.1 Å². The summed E-state index contributed by atoms with van der Waals surface area (Å²) < 4.78 is 8.58. The Bertz CT molecular complexity index is 623. The fraction of sp³-hybridized carbons (Fsp3) is 0.571. The van der Waals surface area contributed by atoms with Crippen LogP contribution in [0.4, 0.5) is 5.69 Å². The van der Waals surface area contributed by atoms with E-state index in [1.165, 1.54) is 24.7 Å². The van der Waals surface area contributed by atoms with E-state index < -0.39 is 0 Å². The van der Waals surface area contributed by atoms with Gasteiger partial charge in [0.1, 0.15) is 11.0 Å². The predicted octanol–water partition coefficient (Wildman–Crippen LogP) is 4.28. The summed E-state index contributed by atoms with van der Waals surface area (Å²) in [7, 11) is 0. The Morgan fingerprint density at radius 2 is 1.95 bits per heavy atom. The van der Waals surface area contributed by atoms with Gasteiger partial charge >= 0.3 is 0 Å². The van der Waals surface area contributed by atoms with Crippen molar-refractivity contribution in [3.8, 4) is 0 Å². The van der Waals surface area contributed by atoms with Crippen molar-refractivity contribution in [3.63, 3.8) is 0 Å². The van der Waals surface area contributed by atoms with Crippen LogP contribution in [0.3, 0.4) is 0 Å². The number of fused-ring (bicyclic) bond motifs is 1. The minimum Gasteiger partial charge on any atom is -0.379 e. The van der Waals surface area contributed by atoms with Gasteiger partial charge in [-0.3, -0.25) is 0 Å². The van der Waals surface area contributed by atoms with E-state index in [9.17, 15) is 0 Å². The molecule has 1 aromatic carbocycles. The number of hydrogen-bond donors (Lipinski definition) is 1. The molecule has 0 saturated carbocycles.